The van der Waals surface area contributed by atoms with E-state index in [-0.39, 0.29) is 36.1 Å². The van der Waals surface area contributed by atoms with Gasteiger partial charge in [-0.1, -0.05) is 6.92 Å². The summed E-state index contributed by atoms with van der Waals surface area (Å²) in [7, 11) is 1.70. The van der Waals surface area contributed by atoms with Crippen LogP contribution in [-0.2, 0) is 9.53 Å². The SMILES string of the molecule is CCC(=O)c1ccc(OCC(=O)NCC2(COC)CCNCC2)cc1.Cl. The summed E-state index contributed by atoms with van der Waals surface area (Å²) in [6.45, 7) is 4.91. The first-order valence-electron chi connectivity index (χ1n) is 8.81. The van der Waals surface area contributed by atoms with E-state index in [4.69, 9.17) is 9.47 Å². The first kappa shape index (κ1) is 22.4. The van der Waals surface area contributed by atoms with Crippen molar-refractivity contribution in [2.24, 2.45) is 5.41 Å². The normalized spacial score (nSPS) is 15.6. The Hall–Kier alpha value is -1.63. The Bertz CT molecular complexity index is 566. The third-order valence-corrected chi connectivity index (χ3v) is 4.64. The fraction of sp³-hybridized carbons (Fsp3) is 0.579. The van der Waals surface area contributed by atoms with Crippen LogP contribution in [0.5, 0.6) is 5.75 Å². The second kappa shape index (κ2) is 11.2. The molecule has 1 aliphatic rings. The van der Waals surface area contributed by atoms with Crippen molar-refractivity contribution >= 4 is 24.1 Å². The molecule has 0 atom stereocenters. The number of halogens is 1. The highest BCUT2D eigenvalue weighted by atomic mass is 35.5. The molecule has 0 aromatic heterocycles. The molecule has 1 heterocycles. The molecule has 1 aromatic rings. The Morgan fingerprint density at radius 2 is 1.85 bits per heavy atom. The molecule has 6 nitrogen and oxygen atoms in total. The highest BCUT2D eigenvalue weighted by Gasteiger charge is 2.32. The summed E-state index contributed by atoms with van der Waals surface area (Å²) < 4.78 is 10.9. The minimum atomic E-state index is -0.150. The molecule has 7 heteroatoms. The van der Waals surface area contributed by atoms with Gasteiger partial charge in [0.2, 0.25) is 0 Å². The first-order chi connectivity index (χ1) is 12.1. The average molecular weight is 385 g/mol. The van der Waals surface area contributed by atoms with Crippen LogP contribution in [0.4, 0.5) is 0 Å². The van der Waals surface area contributed by atoms with Crippen molar-refractivity contribution in [3.05, 3.63) is 29.8 Å². The lowest BCUT2D eigenvalue weighted by Crippen LogP contribution is -2.47. The largest absolute Gasteiger partial charge is 0.484 e. The van der Waals surface area contributed by atoms with E-state index in [1.807, 2.05) is 6.92 Å². The summed E-state index contributed by atoms with van der Waals surface area (Å²) in [5.41, 5.74) is 0.657. The van der Waals surface area contributed by atoms with Crippen molar-refractivity contribution in [1.82, 2.24) is 10.6 Å². The Balaban J connectivity index is 0.00000338. The quantitative estimate of drug-likeness (QED) is 0.638. The van der Waals surface area contributed by atoms with Crippen LogP contribution in [0.15, 0.2) is 24.3 Å². The summed E-state index contributed by atoms with van der Waals surface area (Å²) in [4.78, 5) is 23.7. The van der Waals surface area contributed by atoms with Crippen molar-refractivity contribution in [2.75, 3.05) is 40.0 Å². The lowest BCUT2D eigenvalue weighted by atomic mass is 9.79. The zero-order chi connectivity index (χ0) is 18.1. The number of amides is 1. The number of Topliss-reactive ketones (excluding diaryl/α,β-unsaturated/α-hetero) is 1. The van der Waals surface area contributed by atoms with Crippen LogP contribution in [0, 0.1) is 5.41 Å². The van der Waals surface area contributed by atoms with Gasteiger partial charge in [-0.3, -0.25) is 9.59 Å². The van der Waals surface area contributed by atoms with Gasteiger partial charge >= 0.3 is 0 Å². The molecule has 1 amide bonds. The number of ether oxygens (including phenoxy) is 2. The highest BCUT2D eigenvalue weighted by molar-refractivity contribution is 5.95. The fourth-order valence-corrected chi connectivity index (χ4v) is 3.06. The second-order valence-electron chi connectivity index (χ2n) is 6.55. The number of carbonyl (C=O) groups excluding carboxylic acids is 2. The number of hydrogen-bond acceptors (Lipinski definition) is 5. The topological polar surface area (TPSA) is 76.7 Å². The lowest BCUT2D eigenvalue weighted by Gasteiger charge is -2.37. The van der Waals surface area contributed by atoms with Gasteiger partial charge in [-0.2, -0.15) is 0 Å². The molecule has 0 saturated carbocycles. The standard InChI is InChI=1S/C19H28N2O4.ClH/c1-3-17(22)15-4-6-16(7-5-15)25-12-18(23)21-13-19(14-24-2)8-10-20-11-9-19;/h4-7,20H,3,8-14H2,1-2H3,(H,21,23);1H. The first-order valence-corrected chi connectivity index (χ1v) is 8.81. The van der Waals surface area contributed by atoms with E-state index < -0.39 is 0 Å². The van der Waals surface area contributed by atoms with Crippen molar-refractivity contribution in [2.45, 2.75) is 26.2 Å². The van der Waals surface area contributed by atoms with E-state index in [9.17, 15) is 9.59 Å². The summed E-state index contributed by atoms with van der Waals surface area (Å²) in [5, 5.41) is 6.29. The maximum absolute atomic E-state index is 12.1. The number of rotatable bonds is 9. The molecule has 26 heavy (non-hydrogen) atoms. The molecule has 0 radical (unpaired) electrons. The smallest absolute Gasteiger partial charge is 0.257 e. The van der Waals surface area contributed by atoms with Gasteiger partial charge in [0.1, 0.15) is 5.75 Å². The minimum Gasteiger partial charge on any atom is -0.484 e. The second-order valence-corrected chi connectivity index (χ2v) is 6.55. The van der Waals surface area contributed by atoms with E-state index in [1.54, 1.807) is 31.4 Å². The van der Waals surface area contributed by atoms with Gasteiger partial charge in [0.15, 0.2) is 12.4 Å². The number of ketones is 1. The van der Waals surface area contributed by atoms with Crippen LogP contribution in [0.2, 0.25) is 0 Å². The number of hydrogen-bond donors (Lipinski definition) is 2. The molecule has 0 spiro atoms. The Kier molecular flexibility index (Phi) is 9.62. The summed E-state index contributed by atoms with van der Waals surface area (Å²) in [6.07, 6.45) is 2.44. The Morgan fingerprint density at radius 1 is 1.19 bits per heavy atom. The zero-order valence-corrected chi connectivity index (χ0v) is 16.3. The lowest BCUT2D eigenvalue weighted by molar-refractivity contribution is -0.124. The molecule has 2 rings (SSSR count). The van der Waals surface area contributed by atoms with Crippen molar-refractivity contribution < 1.29 is 19.1 Å². The number of benzene rings is 1. The maximum Gasteiger partial charge on any atom is 0.257 e. The molecule has 1 aromatic carbocycles. The van der Waals surface area contributed by atoms with Crippen LogP contribution in [0.25, 0.3) is 0 Å². The predicted octanol–water partition coefficient (Wildman–Crippen LogP) is 2.21. The monoisotopic (exact) mass is 384 g/mol. The molecule has 0 bridgehead atoms. The summed E-state index contributed by atoms with van der Waals surface area (Å²) in [5.74, 6) is 0.522. The zero-order valence-electron chi connectivity index (χ0n) is 15.5. The van der Waals surface area contributed by atoms with Gasteiger partial charge in [-0.05, 0) is 50.2 Å². The number of carbonyl (C=O) groups is 2. The minimum absolute atomic E-state index is 0. The molecule has 146 valence electrons. The fourth-order valence-electron chi connectivity index (χ4n) is 3.06. The molecular formula is C19H29ClN2O4. The van der Waals surface area contributed by atoms with Crippen LogP contribution >= 0.6 is 12.4 Å². The number of piperidine rings is 1. The van der Waals surface area contributed by atoms with E-state index in [0.29, 0.717) is 30.9 Å². The Labute approximate surface area is 161 Å². The van der Waals surface area contributed by atoms with Gasteiger partial charge < -0.3 is 20.1 Å². The molecule has 2 N–H and O–H groups in total. The van der Waals surface area contributed by atoms with Crippen LogP contribution in [0.1, 0.15) is 36.5 Å². The van der Waals surface area contributed by atoms with Crippen LogP contribution < -0.4 is 15.4 Å². The molecule has 1 aliphatic heterocycles. The number of methoxy groups -OCH3 is 1. The highest BCUT2D eigenvalue weighted by Crippen LogP contribution is 2.28. The van der Waals surface area contributed by atoms with Crippen LogP contribution in [-0.4, -0.2) is 51.6 Å². The molecule has 0 unspecified atom stereocenters. The Morgan fingerprint density at radius 3 is 2.42 bits per heavy atom. The number of nitrogens with one attached hydrogen (secondary N) is 2. The van der Waals surface area contributed by atoms with Gasteiger partial charge in [0, 0.05) is 31.1 Å². The third-order valence-electron chi connectivity index (χ3n) is 4.64. The van der Waals surface area contributed by atoms with E-state index in [0.717, 1.165) is 25.9 Å². The van der Waals surface area contributed by atoms with Gasteiger partial charge in [-0.25, -0.2) is 0 Å². The predicted molar refractivity (Wildman–Crippen MR) is 103 cm³/mol. The van der Waals surface area contributed by atoms with Crippen LogP contribution in [0.3, 0.4) is 0 Å². The summed E-state index contributed by atoms with van der Waals surface area (Å²) >= 11 is 0. The van der Waals surface area contributed by atoms with E-state index in [1.165, 1.54) is 0 Å². The van der Waals surface area contributed by atoms with E-state index in [2.05, 4.69) is 10.6 Å². The summed E-state index contributed by atoms with van der Waals surface area (Å²) in [6, 6.07) is 6.88. The third kappa shape index (κ3) is 6.59. The van der Waals surface area contributed by atoms with Gasteiger partial charge in [-0.15, -0.1) is 12.4 Å². The van der Waals surface area contributed by atoms with Gasteiger partial charge in [0.25, 0.3) is 5.91 Å². The van der Waals surface area contributed by atoms with Crippen molar-refractivity contribution in [1.29, 1.82) is 0 Å². The van der Waals surface area contributed by atoms with Gasteiger partial charge in [0.05, 0.1) is 6.61 Å². The molecule has 1 saturated heterocycles. The van der Waals surface area contributed by atoms with Crippen molar-refractivity contribution in [3.8, 4) is 5.75 Å². The molecular weight excluding hydrogens is 356 g/mol. The maximum atomic E-state index is 12.1. The van der Waals surface area contributed by atoms with E-state index >= 15 is 0 Å². The average Bonchev–Trinajstić information content (AvgIpc) is 2.65. The van der Waals surface area contributed by atoms with Crippen molar-refractivity contribution in [3.63, 3.8) is 0 Å². The molecule has 0 aliphatic carbocycles. The molecule has 1 fully saturated rings.